The van der Waals surface area contributed by atoms with Gasteiger partial charge < -0.3 is 25.4 Å². The van der Waals surface area contributed by atoms with Crippen LogP contribution in [0.4, 0.5) is 0 Å². The van der Waals surface area contributed by atoms with Crippen LogP contribution in [0, 0.1) is 0 Å². The van der Waals surface area contributed by atoms with Gasteiger partial charge in [-0.15, -0.1) is 0 Å². The molecule has 0 amide bonds. The monoisotopic (exact) mass is 396 g/mol. The van der Waals surface area contributed by atoms with E-state index in [9.17, 15) is 5.11 Å². The maximum atomic E-state index is 9.56. The SMILES string of the molecule is CCNC(=NCC(C)Oc1ccc(Cl)cc1)NCCCN1CCC(O)CC1. The van der Waals surface area contributed by atoms with E-state index in [1.165, 1.54) is 0 Å². The van der Waals surface area contributed by atoms with Crippen LogP contribution in [0.5, 0.6) is 5.75 Å². The summed E-state index contributed by atoms with van der Waals surface area (Å²) in [6.07, 6.45) is 2.70. The number of hydrogen-bond donors (Lipinski definition) is 3. The normalized spacial score (nSPS) is 17.6. The molecule has 0 aromatic heterocycles. The summed E-state index contributed by atoms with van der Waals surface area (Å²) in [7, 11) is 0. The van der Waals surface area contributed by atoms with Crippen molar-refractivity contribution in [1.29, 1.82) is 0 Å². The number of piperidine rings is 1. The quantitative estimate of drug-likeness (QED) is 0.340. The minimum Gasteiger partial charge on any atom is -0.489 e. The lowest BCUT2D eigenvalue weighted by molar-refractivity contribution is 0.0823. The molecule has 1 aliphatic rings. The predicted molar refractivity (Wildman–Crippen MR) is 112 cm³/mol. The van der Waals surface area contributed by atoms with E-state index in [0.29, 0.717) is 11.6 Å². The lowest BCUT2D eigenvalue weighted by atomic mass is 10.1. The van der Waals surface area contributed by atoms with Gasteiger partial charge >= 0.3 is 0 Å². The topological polar surface area (TPSA) is 69.1 Å². The lowest BCUT2D eigenvalue weighted by Crippen LogP contribution is -2.40. The average Bonchev–Trinajstić information content (AvgIpc) is 2.66. The zero-order chi connectivity index (χ0) is 19.5. The zero-order valence-corrected chi connectivity index (χ0v) is 17.2. The molecule has 1 fully saturated rings. The fourth-order valence-electron chi connectivity index (χ4n) is 3.00. The molecule has 1 heterocycles. The molecule has 1 aromatic carbocycles. The molecule has 152 valence electrons. The third-order valence-electron chi connectivity index (χ3n) is 4.50. The van der Waals surface area contributed by atoms with Gasteiger partial charge in [-0.05, 0) is 63.9 Å². The molecule has 27 heavy (non-hydrogen) atoms. The first-order chi connectivity index (χ1) is 13.1. The van der Waals surface area contributed by atoms with Gasteiger partial charge in [-0.2, -0.15) is 0 Å². The summed E-state index contributed by atoms with van der Waals surface area (Å²) < 4.78 is 5.86. The van der Waals surface area contributed by atoms with Crippen molar-refractivity contribution in [2.75, 3.05) is 39.3 Å². The van der Waals surface area contributed by atoms with Crippen molar-refractivity contribution in [3.8, 4) is 5.75 Å². The van der Waals surface area contributed by atoms with Crippen LogP contribution in [0.3, 0.4) is 0 Å². The van der Waals surface area contributed by atoms with Crippen molar-refractivity contribution in [1.82, 2.24) is 15.5 Å². The fourth-order valence-corrected chi connectivity index (χ4v) is 3.12. The molecule has 1 aromatic rings. The van der Waals surface area contributed by atoms with Crippen molar-refractivity contribution in [3.63, 3.8) is 0 Å². The summed E-state index contributed by atoms with van der Waals surface area (Å²) in [6, 6.07) is 7.38. The minimum absolute atomic E-state index is 0.0265. The molecular weight excluding hydrogens is 364 g/mol. The predicted octanol–water partition coefficient (Wildman–Crippen LogP) is 2.51. The number of aliphatic imine (C=N–C) groups is 1. The Morgan fingerprint density at radius 3 is 2.67 bits per heavy atom. The molecule has 1 atom stereocenters. The molecule has 1 unspecified atom stereocenters. The molecular formula is C20H33ClN4O2. The highest BCUT2D eigenvalue weighted by Crippen LogP contribution is 2.16. The van der Waals surface area contributed by atoms with Crippen LogP contribution in [-0.4, -0.2) is 67.4 Å². The van der Waals surface area contributed by atoms with E-state index in [2.05, 4.69) is 27.4 Å². The number of hydrogen-bond acceptors (Lipinski definition) is 4. The third kappa shape index (κ3) is 8.82. The van der Waals surface area contributed by atoms with Gasteiger partial charge in [0.05, 0.1) is 12.6 Å². The Labute approximate surface area is 168 Å². The second-order valence-electron chi connectivity index (χ2n) is 6.96. The lowest BCUT2D eigenvalue weighted by Gasteiger charge is -2.29. The molecule has 7 heteroatoms. The highest BCUT2D eigenvalue weighted by molar-refractivity contribution is 6.30. The second kappa shape index (κ2) is 12.1. The summed E-state index contributed by atoms with van der Waals surface area (Å²) in [5.74, 6) is 1.62. The van der Waals surface area contributed by atoms with Gasteiger partial charge in [-0.3, -0.25) is 0 Å². The molecule has 0 spiro atoms. The van der Waals surface area contributed by atoms with E-state index >= 15 is 0 Å². The van der Waals surface area contributed by atoms with Gasteiger partial charge in [0.15, 0.2) is 5.96 Å². The molecule has 0 bridgehead atoms. The summed E-state index contributed by atoms with van der Waals surface area (Å²) in [4.78, 5) is 7.04. The summed E-state index contributed by atoms with van der Waals surface area (Å²) in [5, 5.41) is 16.9. The van der Waals surface area contributed by atoms with Gasteiger partial charge in [0.25, 0.3) is 0 Å². The number of likely N-dealkylation sites (tertiary alicyclic amines) is 1. The standard InChI is InChI=1S/C20H33ClN4O2/c1-3-22-20(23-11-4-12-25-13-9-18(26)10-14-25)24-15-16(2)27-19-7-5-17(21)6-8-19/h5-8,16,18,26H,3-4,9-15H2,1-2H3,(H2,22,23,24). The Bertz CT molecular complexity index is 560. The van der Waals surface area contributed by atoms with Crippen LogP contribution in [0.15, 0.2) is 29.3 Å². The van der Waals surface area contributed by atoms with E-state index in [4.69, 9.17) is 16.3 Å². The number of rotatable bonds is 9. The molecule has 1 saturated heterocycles. The first-order valence-electron chi connectivity index (χ1n) is 9.91. The fraction of sp³-hybridized carbons (Fsp3) is 0.650. The van der Waals surface area contributed by atoms with Gasteiger partial charge in [0, 0.05) is 31.2 Å². The van der Waals surface area contributed by atoms with Gasteiger partial charge in [-0.25, -0.2) is 4.99 Å². The summed E-state index contributed by atoms with van der Waals surface area (Å²) in [6.45, 7) is 9.37. The van der Waals surface area contributed by atoms with Crippen LogP contribution < -0.4 is 15.4 Å². The molecule has 1 aliphatic heterocycles. The van der Waals surface area contributed by atoms with Crippen molar-refractivity contribution in [3.05, 3.63) is 29.3 Å². The van der Waals surface area contributed by atoms with Crippen molar-refractivity contribution in [2.45, 2.75) is 45.3 Å². The Balaban J connectivity index is 1.68. The second-order valence-corrected chi connectivity index (χ2v) is 7.39. The van der Waals surface area contributed by atoms with Crippen molar-refractivity contribution < 1.29 is 9.84 Å². The van der Waals surface area contributed by atoms with Crippen LogP contribution in [0.1, 0.15) is 33.1 Å². The van der Waals surface area contributed by atoms with Gasteiger partial charge in [-0.1, -0.05) is 11.6 Å². The Hall–Kier alpha value is -1.50. The van der Waals surface area contributed by atoms with E-state index < -0.39 is 0 Å². The van der Waals surface area contributed by atoms with E-state index in [1.807, 2.05) is 31.2 Å². The maximum absolute atomic E-state index is 9.56. The zero-order valence-electron chi connectivity index (χ0n) is 16.5. The number of nitrogens with zero attached hydrogens (tertiary/aromatic N) is 2. The number of aliphatic hydroxyl groups is 1. The molecule has 0 radical (unpaired) electrons. The van der Waals surface area contributed by atoms with Gasteiger partial charge in [0.1, 0.15) is 11.9 Å². The largest absolute Gasteiger partial charge is 0.489 e. The highest BCUT2D eigenvalue weighted by Gasteiger charge is 2.16. The Kier molecular flexibility index (Phi) is 9.73. The number of nitrogens with one attached hydrogen (secondary N) is 2. The van der Waals surface area contributed by atoms with E-state index in [1.54, 1.807) is 0 Å². The molecule has 0 aliphatic carbocycles. The smallest absolute Gasteiger partial charge is 0.191 e. The first-order valence-corrected chi connectivity index (χ1v) is 10.3. The summed E-state index contributed by atoms with van der Waals surface area (Å²) in [5.41, 5.74) is 0. The molecule has 3 N–H and O–H groups in total. The number of ether oxygens (including phenoxy) is 1. The number of guanidine groups is 1. The third-order valence-corrected chi connectivity index (χ3v) is 4.75. The van der Waals surface area contributed by atoms with Crippen LogP contribution in [0.2, 0.25) is 5.02 Å². The number of benzene rings is 1. The maximum Gasteiger partial charge on any atom is 0.191 e. The van der Waals surface area contributed by atoms with E-state index in [-0.39, 0.29) is 12.2 Å². The number of aliphatic hydroxyl groups excluding tert-OH is 1. The number of halogens is 1. The van der Waals surface area contributed by atoms with Crippen LogP contribution in [-0.2, 0) is 0 Å². The van der Waals surface area contributed by atoms with Gasteiger partial charge in [0.2, 0.25) is 0 Å². The first kappa shape index (κ1) is 21.8. The van der Waals surface area contributed by atoms with Crippen molar-refractivity contribution in [2.24, 2.45) is 4.99 Å². The molecule has 0 saturated carbocycles. The van der Waals surface area contributed by atoms with Crippen LogP contribution >= 0.6 is 11.6 Å². The minimum atomic E-state index is -0.107. The van der Waals surface area contributed by atoms with E-state index in [0.717, 1.165) is 63.7 Å². The van der Waals surface area contributed by atoms with Crippen LogP contribution in [0.25, 0.3) is 0 Å². The Morgan fingerprint density at radius 2 is 2.00 bits per heavy atom. The molecule has 6 nitrogen and oxygen atoms in total. The highest BCUT2D eigenvalue weighted by atomic mass is 35.5. The summed E-state index contributed by atoms with van der Waals surface area (Å²) >= 11 is 5.89. The Morgan fingerprint density at radius 1 is 1.30 bits per heavy atom. The molecule has 2 rings (SSSR count). The van der Waals surface area contributed by atoms with Crippen molar-refractivity contribution >= 4 is 17.6 Å². The average molecular weight is 397 g/mol.